The molecule has 1 rings (SSSR count). The van der Waals surface area contributed by atoms with Crippen LogP contribution >= 0.6 is 0 Å². The highest BCUT2D eigenvalue weighted by Crippen LogP contribution is 2.09. The lowest BCUT2D eigenvalue weighted by Gasteiger charge is -2.12. The third-order valence-electron chi connectivity index (χ3n) is 0.919. The van der Waals surface area contributed by atoms with E-state index in [9.17, 15) is 4.79 Å². The van der Waals surface area contributed by atoms with Gasteiger partial charge in [0.25, 0.3) is 0 Å². The molecule has 0 N–H and O–H groups in total. The van der Waals surface area contributed by atoms with Gasteiger partial charge >= 0.3 is 6.47 Å². The second-order valence-electron chi connectivity index (χ2n) is 1.40. The van der Waals surface area contributed by atoms with Gasteiger partial charge in [0.1, 0.15) is 6.10 Å². The first kappa shape index (κ1) is 4.37. The van der Waals surface area contributed by atoms with Gasteiger partial charge in [0, 0.05) is 6.42 Å². The number of ether oxygens (including phenoxy) is 1. The van der Waals surface area contributed by atoms with Crippen molar-refractivity contribution in [2.45, 2.75) is 12.5 Å². The van der Waals surface area contributed by atoms with Crippen LogP contribution in [-0.4, -0.2) is 12.6 Å². The fraction of sp³-hybridized carbons (Fsp3) is 0.400. The fourth-order valence-corrected chi connectivity index (χ4v) is 0.396. The zero-order valence-corrected chi connectivity index (χ0v) is 3.76. The molecule has 2 nitrogen and oxygen atoms in total. The third-order valence-corrected chi connectivity index (χ3v) is 0.919. The summed E-state index contributed by atoms with van der Waals surface area (Å²) in [6, 6.07) is 0. The number of rotatable bonds is 2. The van der Waals surface area contributed by atoms with Crippen LogP contribution in [0.4, 0.5) is 0 Å². The molecule has 2 heteroatoms. The van der Waals surface area contributed by atoms with Gasteiger partial charge in [-0.15, -0.1) is 0 Å². The fourth-order valence-electron chi connectivity index (χ4n) is 0.396. The maximum absolute atomic E-state index is 9.43. The van der Waals surface area contributed by atoms with Crippen molar-refractivity contribution in [3.8, 4) is 0 Å². The molecule has 1 radical (unpaired) electrons. The van der Waals surface area contributed by atoms with Crippen LogP contribution in [-0.2, 0) is 9.53 Å². The number of carbonyl (C=O) groups excluding carboxylic acids is 1. The van der Waals surface area contributed by atoms with E-state index in [2.05, 4.69) is 4.74 Å². The molecule has 7 heavy (non-hydrogen) atoms. The Kier molecular flexibility index (Phi) is 1.11. The maximum atomic E-state index is 9.43. The van der Waals surface area contributed by atoms with Crippen LogP contribution < -0.4 is 0 Å². The molecule has 0 heterocycles. The van der Waals surface area contributed by atoms with Crippen LogP contribution in [0.3, 0.4) is 0 Å². The predicted octanol–water partition coefficient (Wildman–Crippen LogP) is 0.399. The van der Waals surface area contributed by atoms with E-state index in [1.54, 1.807) is 0 Å². The third kappa shape index (κ3) is 0.796. The second-order valence-corrected chi connectivity index (χ2v) is 1.40. The summed E-state index contributed by atoms with van der Waals surface area (Å²) < 4.78 is 4.39. The van der Waals surface area contributed by atoms with Gasteiger partial charge in [-0.2, -0.15) is 0 Å². The van der Waals surface area contributed by atoms with Gasteiger partial charge in [0.05, 0.1) is 0 Å². The molecule has 0 saturated carbocycles. The normalized spacial score (nSPS) is 26.0. The average molecular weight is 97.1 g/mol. The minimum atomic E-state index is 0.0255. The van der Waals surface area contributed by atoms with Gasteiger partial charge in [-0.1, -0.05) is 6.08 Å². The minimum Gasteiger partial charge on any atom is -0.449 e. The Morgan fingerprint density at radius 1 is 1.86 bits per heavy atom. The molecule has 1 unspecified atom stereocenters. The van der Waals surface area contributed by atoms with Gasteiger partial charge in [-0.3, -0.25) is 0 Å². The second kappa shape index (κ2) is 1.78. The maximum Gasteiger partial charge on any atom is 0.418 e. The summed E-state index contributed by atoms with van der Waals surface area (Å²) in [5.74, 6) is 0. The first-order valence-corrected chi connectivity index (χ1v) is 2.13. The minimum absolute atomic E-state index is 0.0255. The van der Waals surface area contributed by atoms with Gasteiger partial charge in [-0.05, 0) is 6.08 Å². The molecule has 0 amide bonds. The van der Waals surface area contributed by atoms with E-state index in [-0.39, 0.29) is 6.10 Å². The SMILES string of the molecule is O=[C]OC1C=CC1. The Hall–Kier alpha value is -0.790. The Bertz CT molecular complexity index is 96.3. The summed E-state index contributed by atoms with van der Waals surface area (Å²) in [5, 5.41) is 0. The number of hydrogen-bond acceptors (Lipinski definition) is 2. The summed E-state index contributed by atoms with van der Waals surface area (Å²) in [6.45, 7) is 1.37. The highest BCUT2D eigenvalue weighted by Gasteiger charge is 2.08. The van der Waals surface area contributed by atoms with Crippen LogP contribution in [0.5, 0.6) is 0 Å². The highest BCUT2D eigenvalue weighted by atomic mass is 16.5. The standard InChI is InChI=1S/C5H5O2/c6-4-7-5-2-1-3-5/h1-2,5H,3H2. The van der Waals surface area contributed by atoms with Crippen LogP contribution in [0.1, 0.15) is 6.42 Å². The van der Waals surface area contributed by atoms with E-state index in [4.69, 9.17) is 0 Å². The molecule has 1 aliphatic rings. The van der Waals surface area contributed by atoms with Crippen LogP contribution in [0.25, 0.3) is 0 Å². The Labute approximate surface area is 41.8 Å². The van der Waals surface area contributed by atoms with Crippen molar-refractivity contribution in [1.82, 2.24) is 0 Å². The van der Waals surface area contributed by atoms with E-state index in [1.807, 2.05) is 12.2 Å². The van der Waals surface area contributed by atoms with E-state index in [0.29, 0.717) is 0 Å². The lowest BCUT2D eigenvalue weighted by molar-refractivity contribution is 0.207. The van der Waals surface area contributed by atoms with Crippen molar-refractivity contribution in [2.24, 2.45) is 0 Å². The van der Waals surface area contributed by atoms with Crippen molar-refractivity contribution in [1.29, 1.82) is 0 Å². The molecule has 0 aromatic carbocycles. The number of hydrogen-bond donors (Lipinski definition) is 0. The summed E-state index contributed by atoms with van der Waals surface area (Å²) in [5.41, 5.74) is 0. The van der Waals surface area contributed by atoms with Gasteiger partial charge in [0.2, 0.25) is 0 Å². The van der Waals surface area contributed by atoms with Crippen LogP contribution in [0, 0.1) is 0 Å². The molecule has 1 aliphatic carbocycles. The molecule has 0 saturated heterocycles. The van der Waals surface area contributed by atoms with Crippen molar-refractivity contribution in [3.63, 3.8) is 0 Å². The molecular formula is C5H5O2. The zero-order chi connectivity index (χ0) is 5.11. The zero-order valence-electron chi connectivity index (χ0n) is 3.76. The van der Waals surface area contributed by atoms with E-state index in [1.165, 1.54) is 6.47 Å². The molecule has 0 fully saturated rings. The lowest BCUT2D eigenvalue weighted by Crippen LogP contribution is -2.13. The predicted molar refractivity (Wildman–Crippen MR) is 24.3 cm³/mol. The van der Waals surface area contributed by atoms with Crippen molar-refractivity contribution in [2.75, 3.05) is 0 Å². The van der Waals surface area contributed by atoms with E-state index >= 15 is 0 Å². The Morgan fingerprint density at radius 3 is 2.71 bits per heavy atom. The molecule has 0 aromatic heterocycles. The first-order valence-electron chi connectivity index (χ1n) is 2.13. The smallest absolute Gasteiger partial charge is 0.418 e. The Balaban J connectivity index is 2.17. The average Bonchev–Trinajstić information content (AvgIpc) is 1.55. The van der Waals surface area contributed by atoms with Gasteiger partial charge in [-0.25, -0.2) is 4.79 Å². The molecule has 1 atom stereocenters. The topological polar surface area (TPSA) is 26.3 Å². The van der Waals surface area contributed by atoms with E-state index < -0.39 is 0 Å². The molecule has 37 valence electrons. The lowest BCUT2D eigenvalue weighted by atomic mass is 10.1. The molecule has 0 spiro atoms. The quantitative estimate of drug-likeness (QED) is 0.466. The molecule has 0 bridgehead atoms. The van der Waals surface area contributed by atoms with Gasteiger partial charge in [0.15, 0.2) is 0 Å². The summed E-state index contributed by atoms with van der Waals surface area (Å²) in [4.78, 5) is 9.43. The van der Waals surface area contributed by atoms with Crippen LogP contribution in [0.15, 0.2) is 12.2 Å². The van der Waals surface area contributed by atoms with Gasteiger partial charge < -0.3 is 4.74 Å². The van der Waals surface area contributed by atoms with E-state index in [0.717, 1.165) is 6.42 Å². The largest absolute Gasteiger partial charge is 0.449 e. The Morgan fingerprint density at radius 2 is 2.57 bits per heavy atom. The van der Waals surface area contributed by atoms with Crippen molar-refractivity contribution >= 4 is 6.47 Å². The van der Waals surface area contributed by atoms with Crippen LogP contribution in [0.2, 0.25) is 0 Å². The van der Waals surface area contributed by atoms with Crippen molar-refractivity contribution < 1.29 is 9.53 Å². The summed E-state index contributed by atoms with van der Waals surface area (Å²) in [7, 11) is 0. The highest BCUT2D eigenvalue weighted by molar-refractivity contribution is 5.39. The monoisotopic (exact) mass is 97.0 g/mol. The first-order chi connectivity index (χ1) is 3.43. The van der Waals surface area contributed by atoms with Crippen molar-refractivity contribution in [3.05, 3.63) is 12.2 Å². The molecular weight excluding hydrogens is 92.1 g/mol. The summed E-state index contributed by atoms with van der Waals surface area (Å²) >= 11 is 0. The molecule has 0 aromatic rings. The summed E-state index contributed by atoms with van der Waals surface area (Å²) in [6.07, 6.45) is 4.65. The molecule has 0 aliphatic heterocycles.